The number of ether oxygens (including phenoxy) is 3. The Balaban J connectivity index is 1.38. The van der Waals surface area contributed by atoms with E-state index in [1.807, 2.05) is 45.0 Å². The predicted molar refractivity (Wildman–Crippen MR) is 173 cm³/mol. The molecule has 0 saturated carbocycles. The number of methoxy groups -OCH3 is 1. The zero-order valence-corrected chi connectivity index (χ0v) is 28.0. The van der Waals surface area contributed by atoms with Crippen LogP contribution in [0.3, 0.4) is 0 Å². The lowest BCUT2D eigenvalue weighted by Gasteiger charge is -2.27. The van der Waals surface area contributed by atoms with Gasteiger partial charge in [0.15, 0.2) is 17.4 Å². The van der Waals surface area contributed by atoms with Crippen LogP contribution in [0, 0.1) is 5.41 Å². The predicted octanol–water partition coefficient (Wildman–Crippen LogP) is 3.74. The topological polar surface area (TPSA) is 202 Å². The fraction of sp³-hybridized carbons (Fsp3) is 0.484. The average Bonchev–Trinajstić information content (AvgIpc) is 3.52. The standard InChI is InChI=1S/C31H41N6O9P/c1-18(27(39)43-15-14-30(2,3)4)36-47(41,46-21-13-9-11-19-10-7-8-12-20(19)21)44-16-22-24(38)31(5,40)28(45-22)37-17-33-23-25(37)34-29(32)35-26(23)42-6/h7-13,17-18,22,24,28,38,40H,14-16H2,1-6H3,(H,36,41)(H2,32,34,35)/t18-,22+,24+,28+,31+,47?/m0/s1. The van der Waals surface area contributed by atoms with E-state index in [1.165, 1.54) is 31.9 Å². The minimum Gasteiger partial charge on any atom is -0.479 e. The molecular weight excluding hydrogens is 631 g/mol. The van der Waals surface area contributed by atoms with Gasteiger partial charge in [0.1, 0.15) is 29.6 Å². The number of carbonyl (C=O) groups is 1. The molecule has 0 aliphatic carbocycles. The lowest BCUT2D eigenvalue weighted by Crippen LogP contribution is -2.44. The molecule has 0 radical (unpaired) electrons. The van der Waals surface area contributed by atoms with Gasteiger partial charge in [-0.1, -0.05) is 57.2 Å². The molecule has 15 nitrogen and oxygen atoms in total. The molecule has 1 fully saturated rings. The molecule has 5 N–H and O–H groups in total. The SMILES string of the molecule is COc1nc(N)nc2c1ncn2[C@@H]1O[C@H](COP(=O)(N[C@@H](C)C(=O)OCCC(C)(C)C)Oc2cccc3ccccc23)[C@@H](O)[C@@]1(C)O. The Hall–Kier alpha value is -3.85. The van der Waals surface area contributed by atoms with Crippen molar-refractivity contribution in [2.45, 2.75) is 71.1 Å². The summed E-state index contributed by atoms with van der Waals surface area (Å²) in [4.78, 5) is 25.4. The summed E-state index contributed by atoms with van der Waals surface area (Å²) >= 11 is 0. The van der Waals surface area contributed by atoms with Gasteiger partial charge in [0.2, 0.25) is 11.8 Å². The molecule has 2 aromatic carbocycles. The highest BCUT2D eigenvalue weighted by Crippen LogP contribution is 2.48. The van der Waals surface area contributed by atoms with E-state index in [2.05, 4.69) is 20.0 Å². The molecule has 5 rings (SSSR count). The van der Waals surface area contributed by atoms with Crippen LogP contribution in [-0.2, 0) is 23.4 Å². The number of benzene rings is 2. The molecule has 16 heteroatoms. The van der Waals surface area contributed by atoms with E-state index in [1.54, 1.807) is 18.2 Å². The fourth-order valence-electron chi connectivity index (χ4n) is 5.14. The van der Waals surface area contributed by atoms with Crippen molar-refractivity contribution in [3.05, 3.63) is 48.8 Å². The van der Waals surface area contributed by atoms with E-state index >= 15 is 0 Å². The summed E-state index contributed by atoms with van der Waals surface area (Å²) in [6.07, 6.45) is -2.00. The first kappa shape index (κ1) is 34.5. The van der Waals surface area contributed by atoms with Crippen molar-refractivity contribution >= 4 is 41.6 Å². The zero-order chi connectivity index (χ0) is 34.1. The van der Waals surface area contributed by atoms with Crippen LogP contribution < -0.4 is 20.1 Å². The van der Waals surface area contributed by atoms with Crippen LogP contribution in [0.2, 0.25) is 0 Å². The van der Waals surface area contributed by atoms with Gasteiger partial charge in [-0.25, -0.2) is 9.55 Å². The third-order valence-electron chi connectivity index (χ3n) is 7.79. The number of aliphatic hydroxyl groups is 2. The maximum atomic E-state index is 14.4. The van der Waals surface area contributed by atoms with Crippen molar-refractivity contribution < 1.29 is 42.8 Å². The number of nitrogen functional groups attached to an aromatic ring is 1. The van der Waals surface area contributed by atoms with Crippen LogP contribution in [-0.4, -0.2) is 79.9 Å². The van der Waals surface area contributed by atoms with Crippen molar-refractivity contribution in [1.29, 1.82) is 0 Å². The molecule has 0 amide bonds. The van der Waals surface area contributed by atoms with Crippen molar-refractivity contribution in [3.63, 3.8) is 0 Å². The molecule has 0 bridgehead atoms. The van der Waals surface area contributed by atoms with E-state index in [0.717, 1.165) is 5.39 Å². The summed E-state index contributed by atoms with van der Waals surface area (Å²) in [5, 5.41) is 26.7. The van der Waals surface area contributed by atoms with E-state index in [9.17, 15) is 19.6 Å². The van der Waals surface area contributed by atoms with E-state index in [-0.39, 0.29) is 40.8 Å². The quantitative estimate of drug-likeness (QED) is 0.125. The average molecular weight is 673 g/mol. The van der Waals surface area contributed by atoms with Crippen LogP contribution in [0.25, 0.3) is 21.9 Å². The monoisotopic (exact) mass is 672 g/mol. The number of imidazole rings is 1. The minimum absolute atomic E-state index is 0.0529. The van der Waals surface area contributed by atoms with Crippen LogP contribution in [0.4, 0.5) is 5.95 Å². The molecular formula is C31H41N6O9P. The van der Waals surface area contributed by atoms with Crippen molar-refractivity contribution in [1.82, 2.24) is 24.6 Å². The molecule has 0 spiro atoms. The first-order valence-corrected chi connectivity index (χ1v) is 16.6. The second-order valence-electron chi connectivity index (χ2n) is 12.8. The number of nitrogens with one attached hydrogen (secondary N) is 1. The van der Waals surface area contributed by atoms with Gasteiger partial charge < -0.3 is 34.7 Å². The lowest BCUT2D eigenvalue weighted by atomic mass is 9.93. The molecule has 1 saturated heterocycles. The Bertz CT molecular complexity index is 1790. The molecule has 1 aliphatic rings. The third-order valence-corrected chi connectivity index (χ3v) is 9.42. The Morgan fingerprint density at radius 1 is 1.21 bits per heavy atom. The van der Waals surface area contributed by atoms with Crippen LogP contribution in [0.1, 0.15) is 47.3 Å². The minimum atomic E-state index is -4.37. The summed E-state index contributed by atoms with van der Waals surface area (Å²) in [5.41, 5.74) is 4.35. The summed E-state index contributed by atoms with van der Waals surface area (Å²) in [5.74, 6) is -0.393. The van der Waals surface area contributed by atoms with E-state index in [0.29, 0.717) is 11.8 Å². The van der Waals surface area contributed by atoms with Crippen LogP contribution >= 0.6 is 7.75 Å². The highest BCUT2D eigenvalue weighted by Gasteiger charge is 2.54. The Kier molecular flexibility index (Phi) is 9.79. The number of carbonyl (C=O) groups excluding carboxylic acids is 1. The third kappa shape index (κ3) is 7.51. The molecule has 47 heavy (non-hydrogen) atoms. The number of nitrogens with zero attached hydrogens (tertiary/aromatic N) is 4. The zero-order valence-electron chi connectivity index (χ0n) is 27.1. The molecule has 6 atom stereocenters. The van der Waals surface area contributed by atoms with Gasteiger partial charge in [-0.15, -0.1) is 0 Å². The smallest absolute Gasteiger partial charge is 0.459 e. The van der Waals surface area contributed by atoms with Gasteiger partial charge in [0.25, 0.3) is 0 Å². The largest absolute Gasteiger partial charge is 0.479 e. The second kappa shape index (κ2) is 13.3. The molecule has 1 unspecified atom stereocenters. The number of esters is 1. The number of fused-ring (bicyclic) bond motifs is 2. The van der Waals surface area contributed by atoms with E-state index in [4.69, 9.17) is 29.0 Å². The lowest BCUT2D eigenvalue weighted by molar-refractivity contribution is -0.146. The maximum absolute atomic E-state index is 14.4. The fourth-order valence-corrected chi connectivity index (χ4v) is 6.66. The molecule has 1 aliphatic heterocycles. The second-order valence-corrected chi connectivity index (χ2v) is 14.5. The molecule has 4 aromatic rings. The van der Waals surface area contributed by atoms with Gasteiger partial charge in [-0.3, -0.25) is 13.9 Å². The summed E-state index contributed by atoms with van der Waals surface area (Å²) in [6, 6.07) is 11.5. The molecule has 254 valence electrons. The number of hydrogen-bond donors (Lipinski definition) is 4. The Morgan fingerprint density at radius 3 is 2.66 bits per heavy atom. The number of anilines is 1. The number of aromatic nitrogens is 4. The van der Waals surface area contributed by atoms with Crippen molar-refractivity contribution in [3.8, 4) is 11.6 Å². The van der Waals surface area contributed by atoms with Gasteiger partial charge >= 0.3 is 13.7 Å². The van der Waals surface area contributed by atoms with Crippen molar-refractivity contribution in [2.75, 3.05) is 26.1 Å². The highest BCUT2D eigenvalue weighted by atomic mass is 31.2. The van der Waals surface area contributed by atoms with E-state index < -0.39 is 50.4 Å². The maximum Gasteiger partial charge on any atom is 0.459 e. The van der Waals surface area contributed by atoms with Gasteiger partial charge in [0.05, 0.1) is 26.7 Å². The van der Waals surface area contributed by atoms with Crippen LogP contribution in [0.15, 0.2) is 48.8 Å². The van der Waals surface area contributed by atoms with Crippen molar-refractivity contribution in [2.24, 2.45) is 5.41 Å². The number of rotatable bonds is 12. The summed E-state index contributed by atoms with van der Waals surface area (Å²) < 4.78 is 44.3. The number of nitrogens with two attached hydrogens (primary N) is 1. The first-order chi connectivity index (χ1) is 22.1. The summed E-state index contributed by atoms with van der Waals surface area (Å²) in [6.45, 7) is 8.60. The summed E-state index contributed by atoms with van der Waals surface area (Å²) in [7, 11) is -2.97. The van der Waals surface area contributed by atoms with Gasteiger partial charge in [-0.05, 0) is 37.1 Å². The Labute approximate surface area is 271 Å². The van der Waals surface area contributed by atoms with Gasteiger partial charge in [-0.2, -0.15) is 15.1 Å². The van der Waals surface area contributed by atoms with Crippen LogP contribution in [0.5, 0.6) is 11.6 Å². The Morgan fingerprint density at radius 2 is 1.94 bits per heavy atom. The number of aliphatic hydroxyl groups excluding tert-OH is 1. The normalized spacial score (nSPS) is 23.4. The highest BCUT2D eigenvalue weighted by molar-refractivity contribution is 7.52. The molecule has 2 aromatic heterocycles. The molecule has 3 heterocycles. The first-order valence-electron chi connectivity index (χ1n) is 15.1. The van der Waals surface area contributed by atoms with Gasteiger partial charge in [0, 0.05) is 5.39 Å². The number of hydrogen-bond acceptors (Lipinski definition) is 13.